The summed E-state index contributed by atoms with van der Waals surface area (Å²) in [4.78, 5) is 16.2. The third-order valence-corrected chi connectivity index (χ3v) is 3.15. The van der Waals surface area contributed by atoms with Crippen molar-refractivity contribution in [2.45, 2.75) is 19.9 Å². The second-order valence-corrected chi connectivity index (χ2v) is 5.25. The Morgan fingerprint density at radius 3 is 2.68 bits per heavy atom. The maximum atomic E-state index is 11.9. The highest BCUT2D eigenvalue weighted by molar-refractivity contribution is 6.30. The van der Waals surface area contributed by atoms with E-state index >= 15 is 0 Å². The molecule has 0 spiro atoms. The molecular weight excluding hydrogens is 300 g/mol. The molecular formula is C16H17ClN4O. The zero-order chi connectivity index (χ0) is 15.9. The fraction of sp³-hybridized carbons (Fsp3) is 0.188. The summed E-state index contributed by atoms with van der Waals surface area (Å²) in [6.07, 6.45) is 1.51. The van der Waals surface area contributed by atoms with Crippen molar-refractivity contribution in [2.24, 2.45) is 5.10 Å². The summed E-state index contributed by atoms with van der Waals surface area (Å²) in [5.74, 6) is -0.237. The van der Waals surface area contributed by atoms with Gasteiger partial charge in [0.2, 0.25) is 0 Å². The summed E-state index contributed by atoms with van der Waals surface area (Å²) in [6, 6.07) is 12.3. The van der Waals surface area contributed by atoms with Crippen molar-refractivity contribution < 1.29 is 4.79 Å². The second kappa shape index (κ2) is 7.56. The number of aromatic nitrogens is 1. The normalized spacial score (nSPS) is 12.1. The van der Waals surface area contributed by atoms with Crippen molar-refractivity contribution in [1.82, 2.24) is 10.4 Å². The smallest absolute Gasteiger partial charge is 0.262 e. The standard InChI is InChI=1S/C16H17ClN4O/c1-11-4-3-5-15(19-11)10-18-21-16(22)12(2)20-14-8-6-13(17)7-9-14/h3-10,12,20H,1-2H3,(H,21,22)/b18-10-/t12-/m0/s1. The van der Waals surface area contributed by atoms with E-state index in [1.54, 1.807) is 19.1 Å². The summed E-state index contributed by atoms with van der Waals surface area (Å²) in [5, 5.41) is 7.63. The van der Waals surface area contributed by atoms with E-state index in [1.165, 1.54) is 6.21 Å². The summed E-state index contributed by atoms with van der Waals surface area (Å²) in [6.45, 7) is 3.65. The molecule has 0 saturated carbocycles. The molecule has 0 aliphatic heterocycles. The predicted molar refractivity (Wildman–Crippen MR) is 89.2 cm³/mol. The average molecular weight is 317 g/mol. The number of anilines is 1. The van der Waals surface area contributed by atoms with Gasteiger partial charge in [-0.1, -0.05) is 17.7 Å². The molecule has 2 rings (SSSR count). The first-order chi connectivity index (χ1) is 10.5. The van der Waals surface area contributed by atoms with Gasteiger partial charge >= 0.3 is 0 Å². The Balaban J connectivity index is 1.87. The number of hydrazone groups is 1. The molecule has 0 bridgehead atoms. The van der Waals surface area contributed by atoms with Crippen molar-refractivity contribution >= 4 is 29.4 Å². The van der Waals surface area contributed by atoms with Gasteiger partial charge in [-0.25, -0.2) is 5.43 Å². The number of aryl methyl sites for hydroxylation is 1. The van der Waals surface area contributed by atoms with Gasteiger partial charge < -0.3 is 5.32 Å². The summed E-state index contributed by atoms with van der Waals surface area (Å²) in [5.41, 5.74) is 4.89. The van der Waals surface area contributed by atoms with Gasteiger partial charge in [-0.15, -0.1) is 0 Å². The van der Waals surface area contributed by atoms with Gasteiger partial charge in [-0.05, 0) is 50.2 Å². The Hall–Kier alpha value is -2.40. The molecule has 0 aliphatic rings. The van der Waals surface area contributed by atoms with Crippen molar-refractivity contribution in [1.29, 1.82) is 0 Å². The number of hydrogen-bond donors (Lipinski definition) is 2. The van der Waals surface area contributed by atoms with Crippen LogP contribution in [0.15, 0.2) is 47.6 Å². The molecule has 6 heteroatoms. The lowest BCUT2D eigenvalue weighted by molar-refractivity contribution is -0.121. The molecule has 2 N–H and O–H groups in total. The van der Waals surface area contributed by atoms with E-state index in [9.17, 15) is 4.79 Å². The number of halogens is 1. The van der Waals surface area contributed by atoms with Gasteiger partial charge in [0.05, 0.1) is 11.9 Å². The van der Waals surface area contributed by atoms with Gasteiger partial charge in [0.15, 0.2) is 0 Å². The van der Waals surface area contributed by atoms with Crippen molar-refractivity contribution in [3.63, 3.8) is 0 Å². The monoisotopic (exact) mass is 316 g/mol. The molecule has 0 aliphatic carbocycles. The maximum absolute atomic E-state index is 11.9. The lowest BCUT2D eigenvalue weighted by atomic mass is 10.2. The number of benzene rings is 1. The van der Waals surface area contributed by atoms with Crippen LogP contribution < -0.4 is 10.7 Å². The molecule has 114 valence electrons. The average Bonchev–Trinajstić information content (AvgIpc) is 2.49. The SMILES string of the molecule is Cc1cccc(/C=N\NC(=O)[C@H](C)Nc2ccc(Cl)cc2)n1. The minimum absolute atomic E-state index is 0.237. The number of nitrogens with one attached hydrogen (secondary N) is 2. The molecule has 2 aromatic rings. The summed E-state index contributed by atoms with van der Waals surface area (Å²) >= 11 is 5.82. The van der Waals surface area contributed by atoms with Gasteiger partial charge in [-0.2, -0.15) is 5.10 Å². The predicted octanol–water partition coefficient (Wildman–Crippen LogP) is 2.99. The fourth-order valence-electron chi connectivity index (χ4n) is 1.76. The van der Waals surface area contributed by atoms with Crippen molar-refractivity contribution in [3.8, 4) is 0 Å². The number of nitrogens with zero attached hydrogens (tertiary/aromatic N) is 2. The van der Waals surface area contributed by atoms with Crippen LogP contribution in [0.4, 0.5) is 5.69 Å². The number of rotatable bonds is 5. The summed E-state index contributed by atoms with van der Waals surface area (Å²) in [7, 11) is 0. The number of amides is 1. The molecule has 1 atom stereocenters. The van der Waals surface area contributed by atoms with Crippen LogP contribution in [-0.4, -0.2) is 23.1 Å². The third-order valence-electron chi connectivity index (χ3n) is 2.90. The highest BCUT2D eigenvalue weighted by Crippen LogP contribution is 2.14. The molecule has 1 amide bonds. The van der Waals surface area contributed by atoms with Gasteiger partial charge in [0.25, 0.3) is 5.91 Å². The summed E-state index contributed by atoms with van der Waals surface area (Å²) < 4.78 is 0. The van der Waals surface area contributed by atoms with Crippen LogP contribution in [-0.2, 0) is 4.79 Å². The molecule has 0 fully saturated rings. The number of hydrogen-bond acceptors (Lipinski definition) is 4. The zero-order valence-electron chi connectivity index (χ0n) is 12.4. The third kappa shape index (κ3) is 4.86. The first-order valence-electron chi connectivity index (χ1n) is 6.83. The fourth-order valence-corrected chi connectivity index (χ4v) is 1.88. The Labute approximate surface area is 134 Å². The molecule has 1 heterocycles. The number of pyridine rings is 1. The van der Waals surface area contributed by atoms with E-state index in [0.29, 0.717) is 10.7 Å². The first-order valence-corrected chi connectivity index (χ1v) is 7.21. The first kappa shape index (κ1) is 16.0. The van der Waals surface area contributed by atoms with Crippen LogP contribution in [0.2, 0.25) is 5.02 Å². The lowest BCUT2D eigenvalue weighted by Gasteiger charge is -2.13. The highest BCUT2D eigenvalue weighted by Gasteiger charge is 2.11. The highest BCUT2D eigenvalue weighted by atomic mass is 35.5. The van der Waals surface area contributed by atoms with E-state index in [2.05, 4.69) is 20.8 Å². The molecule has 1 aromatic carbocycles. The van der Waals surface area contributed by atoms with Crippen LogP contribution in [0.25, 0.3) is 0 Å². The minimum Gasteiger partial charge on any atom is -0.374 e. The van der Waals surface area contributed by atoms with Crippen LogP contribution in [0.3, 0.4) is 0 Å². The van der Waals surface area contributed by atoms with Crippen LogP contribution >= 0.6 is 11.6 Å². The second-order valence-electron chi connectivity index (χ2n) is 4.81. The van der Waals surface area contributed by atoms with E-state index < -0.39 is 6.04 Å². The van der Waals surface area contributed by atoms with Crippen molar-refractivity contribution in [3.05, 3.63) is 58.9 Å². The Bertz CT molecular complexity index is 670. The van der Waals surface area contributed by atoms with Gasteiger partial charge in [0.1, 0.15) is 6.04 Å². The minimum atomic E-state index is -0.427. The maximum Gasteiger partial charge on any atom is 0.262 e. The van der Waals surface area contributed by atoms with E-state index in [-0.39, 0.29) is 5.91 Å². The Morgan fingerprint density at radius 2 is 2.00 bits per heavy atom. The van der Waals surface area contributed by atoms with Crippen LogP contribution in [0, 0.1) is 6.92 Å². The largest absolute Gasteiger partial charge is 0.374 e. The van der Waals surface area contributed by atoms with Crippen LogP contribution in [0.5, 0.6) is 0 Å². The van der Waals surface area contributed by atoms with E-state index in [4.69, 9.17) is 11.6 Å². The molecule has 22 heavy (non-hydrogen) atoms. The van der Waals surface area contributed by atoms with E-state index in [0.717, 1.165) is 11.4 Å². The number of carbonyl (C=O) groups excluding carboxylic acids is 1. The molecule has 0 saturated heterocycles. The molecule has 0 unspecified atom stereocenters. The zero-order valence-corrected chi connectivity index (χ0v) is 13.1. The Kier molecular flexibility index (Phi) is 5.49. The van der Waals surface area contributed by atoms with E-state index in [1.807, 2.05) is 37.3 Å². The lowest BCUT2D eigenvalue weighted by Crippen LogP contribution is -2.34. The topological polar surface area (TPSA) is 66.4 Å². The van der Waals surface area contributed by atoms with Crippen LogP contribution in [0.1, 0.15) is 18.3 Å². The molecule has 0 radical (unpaired) electrons. The quantitative estimate of drug-likeness (QED) is 0.658. The van der Waals surface area contributed by atoms with Gasteiger partial charge in [-0.3, -0.25) is 9.78 Å². The van der Waals surface area contributed by atoms with Gasteiger partial charge in [0, 0.05) is 16.4 Å². The number of carbonyl (C=O) groups is 1. The molecule has 5 nitrogen and oxygen atoms in total. The van der Waals surface area contributed by atoms with Crippen molar-refractivity contribution in [2.75, 3.05) is 5.32 Å². The Morgan fingerprint density at radius 1 is 1.27 bits per heavy atom. The molecule has 1 aromatic heterocycles.